The lowest BCUT2D eigenvalue weighted by atomic mass is 9.87. The molecule has 0 saturated heterocycles. The van der Waals surface area contributed by atoms with Gasteiger partial charge in [0.1, 0.15) is 0 Å². The first-order chi connectivity index (χ1) is 7.15. The number of nitrogens with one attached hydrogen (secondary N) is 1. The summed E-state index contributed by atoms with van der Waals surface area (Å²) in [6.45, 7) is 2.32. The Morgan fingerprint density at radius 3 is 2.93 bits per heavy atom. The zero-order valence-electron chi connectivity index (χ0n) is 9.53. The lowest BCUT2D eigenvalue weighted by molar-refractivity contribution is 0.358. The third-order valence-corrected chi connectivity index (χ3v) is 3.13. The van der Waals surface area contributed by atoms with E-state index in [1.54, 1.807) is 4.68 Å². The smallest absolute Gasteiger partial charge is 0.171 e. The third kappa shape index (κ3) is 2.43. The van der Waals surface area contributed by atoms with E-state index in [2.05, 4.69) is 17.3 Å². The van der Waals surface area contributed by atoms with E-state index in [0.717, 1.165) is 17.4 Å². The van der Waals surface area contributed by atoms with Crippen LogP contribution in [0.1, 0.15) is 32.6 Å². The van der Waals surface area contributed by atoms with E-state index in [-0.39, 0.29) is 0 Å². The SMILES string of the molecule is CC1CCCC(Nc2nn(C)cc2N)C1. The lowest BCUT2D eigenvalue weighted by Crippen LogP contribution is -2.26. The van der Waals surface area contributed by atoms with Crippen LogP contribution in [-0.2, 0) is 7.05 Å². The molecular weight excluding hydrogens is 188 g/mol. The Hall–Kier alpha value is -1.19. The second-order valence-corrected chi connectivity index (χ2v) is 4.72. The van der Waals surface area contributed by atoms with Gasteiger partial charge in [-0.3, -0.25) is 4.68 Å². The van der Waals surface area contributed by atoms with Crippen LogP contribution in [0.3, 0.4) is 0 Å². The van der Waals surface area contributed by atoms with E-state index in [1.165, 1.54) is 25.7 Å². The van der Waals surface area contributed by atoms with E-state index in [9.17, 15) is 0 Å². The number of anilines is 2. The maximum Gasteiger partial charge on any atom is 0.171 e. The molecule has 0 aromatic carbocycles. The minimum Gasteiger partial charge on any atom is -0.394 e. The van der Waals surface area contributed by atoms with Crippen LogP contribution in [0.4, 0.5) is 11.5 Å². The van der Waals surface area contributed by atoms with Crippen LogP contribution in [0.2, 0.25) is 0 Å². The Morgan fingerprint density at radius 2 is 2.33 bits per heavy atom. The van der Waals surface area contributed by atoms with Crippen molar-refractivity contribution in [3.05, 3.63) is 6.20 Å². The number of nitrogens with zero attached hydrogens (tertiary/aromatic N) is 2. The molecule has 2 rings (SSSR count). The summed E-state index contributed by atoms with van der Waals surface area (Å²) in [6, 6.07) is 0.547. The summed E-state index contributed by atoms with van der Waals surface area (Å²) in [6.07, 6.45) is 6.98. The zero-order valence-corrected chi connectivity index (χ0v) is 9.53. The predicted octanol–water partition coefficient (Wildman–Crippen LogP) is 1.99. The van der Waals surface area contributed by atoms with E-state index < -0.39 is 0 Å². The molecule has 84 valence electrons. The van der Waals surface area contributed by atoms with Gasteiger partial charge in [0.15, 0.2) is 5.82 Å². The maximum atomic E-state index is 5.85. The molecule has 1 heterocycles. The van der Waals surface area contributed by atoms with Gasteiger partial charge in [0.05, 0.1) is 5.69 Å². The first-order valence-electron chi connectivity index (χ1n) is 5.71. The monoisotopic (exact) mass is 208 g/mol. The van der Waals surface area contributed by atoms with Gasteiger partial charge < -0.3 is 11.1 Å². The molecule has 0 aliphatic heterocycles. The molecule has 0 amide bonds. The molecule has 1 aromatic rings. The van der Waals surface area contributed by atoms with Crippen molar-refractivity contribution in [1.82, 2.24) is 9.78 Å². The van der Waals surface area contributed by atoms with Crippen molar-refractivity contribution in [1.29, 1.82) is 0 Å². The average molecular weight is 208 g/mol. The maximum absolute atomic E-state index is 5.85. The van der Waals surface area contributed by atoms with Gasteiger partial charge in [-0.05, 0) is 18.8 Å². The van der Waals surface area contributed by atoms with E-state index in [1.807, 2.05) is 13.2 Å². The Kier molecular flexibility index (Phi) is 2.84. The number of hydrogen-bond acceptors (Lipinski definition) is 3. The highest BCUT2D eigenvalue weighted by atomic mass is 15.3. The van der Waals surface area contributed by atoms with Crippen LogP contribution in [-0.4, -0.2) is 15.8 Å². The summed E-state index contributed by atoms with van der Waals surface area (Å²) >= 11 is 0. The summed E-state index contributed by atoms with van der Waals surface area (Å²) in [5, 5.41) is 7.75. The van der Waals surface area contributed by atoms with Crippen molar-refractivity contribution in [3.8, 4) is 0 Å². The minimum atomic E-state index is 0.547. The molecule has 4 heteroatoms. The fourth-order valence-electron chi connectivity index (χ4n) is 2.38. The molecule has 1 aliphatic rings. The lowest BCUT2D eigenvalue weighted by Gasteiger charge is -2.27. The molecule has 3 N–H and O–H groups in total. The molecule has 15 heavy (non-hydrogen) atoms. The number of aryl methyl sites for hydroxylation is 1. The van der Waals surface area contributed by atoms with E-state index >= 15 is 0 Å². The molecule has 4 nitrogen and oxygen atoms in total. The highest BCUT2D eigenvalue weighted by molar-refractivity contribution is 5.60. The molecule has 2 atom stereocenters. The van der Waals surface area contributed by atoms with Crippen molar-refractivity contribution < 1.29 is 0 Å². The quantitative estimate of drug-likeness (QED) is 0.781. The molecule has 1 fully saturated rings. The topological polar surface area (TPSA) is 55.9 Å². The van der Waals surface area contributed by atoms with Gasteiger partial charge in [-0.25, -0.2) is 0 Å². The normalized spacial score (nSPS) is 26.5. The standard InChI is InChI=1S/C11H20N4/c1-8-4-3-5-9(6-8)13-11-10(12)7-15(2)14-11/h7-9H,3-6,12H2,1-2H3,(H,13,14). The van der Waals surface area contributed by atoms with Gasteiger partial charge in [-0.2, -0.15) is 5.10 Å². The first kappa shape index (κ1) is 10.3. The van der Waals surface area contributed by atoms with Crippen LogP contribution in [0.5, 0.6) is 0 Å². The first-order valence-corrected chi connectivity index (χ1v) is 5.71. The fourth-order valence-corrected chi connectivity index (χ4v) is 2.38. The minimum absolute atomic E-state index is 0.547. The number of nitrogens with two attached hydrogens (primary N) is 1. The largest absolute Gasteiger partial charge is 0.394 e. The number of nitrogen functional groups attached to an aromatic ring is 1. The number of rotatable bonds is 2. The van der Waals surface area contributed by atoms with Crippen molar-refractivity contribution in [3.63, 3.8) is 0 Å². The molecule has 1 aromatic heterocycles. The van der Waals surface area contributed by atoms with Crippen LogP contribution >= 0.6 is 0 Å². The van der Waals surface area contributed by atoms with Gasteiger partial charge in [0.25, 0.3) is 0 Å². The highest BCUT2D eigenvalue weighted by Crippen LogP contribution is 2.27. The number of aromatic nitrogens is 2. The Labute approximate surface area is 90.8 Å². The summed E-state index contributed by atoms with van der Waals surface area (Å²) < 4.78 is 1.75. The van der Waals surface area contributed by atoms with Crippen LogP contribution in [0.25, 0.3) is 0 Å². The summed E-state index contributed by atoms with van der Waals surface area (Å²) in [5.41, 5.74) is 6.59. The Bertz CT molecular complexity index is 331. The van der Waals surface area contributed by atoms with Gasteiger partial charge >= 0.3 is 0 Å². The van der Waals surface area contributed by atoms with E-state index in [0.29, 0.717) is 6.04 Å². The second kappa shape index (κ2) is 4.13. The molecule has 0 bridgehead atoms. The zero-order chi connectivity index (χ0) is 10.8. The van der Waals surface area contributed by atoms with Crippen LogP contribution in [0, 0.1) is 5.92 Å². The van der Waals surface area contributed by atoms with Crippen LogP contribution < -0.4 is 11.1 Å². The Morgan fingerprint density at radius 1 is 1.53 bits per heavy atom. The van der Waals surface area contributed by atoms with Crippen molar-refractivity contribution in [2.24, 2.45) is 13.0 Å². The molecule has 1 aliphatic carbocycles. The van der Waals surface area contributed by atoms with Crippen LogP contribution in [0.15, 0.2) is 6.20 Å². The van der Waals surface area contributed by atoms with Crippen molar-refractivity contribution >= 4 is 11.5 Å². The van der Waals surface area contributed by atoms with Crippen molar-refractivity contribution in [2.45, 2.75) is 38.6 Å². The van der Waals surface area contributed by atoms with Gasteiger partial charge in [-0.1, -0.05) is 19.8 Å². The average Bonchev–Trinajstić information content (AvgIpc) is 2.45. The third-order valence-electron chi connectivity index (χ3n) is 3.13. The van der Waals surface area contributed by atoms with Gasteiger partial charge in [-0.15, -0.1) is 0 Å². The molecule has 0 radical (unpaired) electrons. The summed E-state index contributed by atoms with van der Waals surface area (Å²) in [4.78, 5) is 0. The van der Waals surface area contributed by atoms with E-state index in [4.69, 9.17) is 5.73 Å². The molecule has 2 unspecified atom stereocenters. The predicted molar refractivity (Wildman–Crippen MR) is 62.7 cm³/mol. The number of hydrogen-bond donors (Lipinski definition) is 2. The van der Waals surface area contributed by atoms with Gasteiger partial charge in [0, 0.05) is 19.3 Å². The second-order valence-electron chi connectivity index (χ2n) is 4.72. The molecule has 1 saturated carbocycles. The summed E-state index contributed by atoms with van der Waals surface area (Å²) in [5.74, 6) is 1.66. The molecule has 0 spiro atoms. The summed E-state index contributed by atoms with van der Waals surface area (Å²) in [7, 11) is 1.89. The highest BCUT2D eigenvalue weighted by Gasteiger charge is 2.19. The fraction of sp³-hybridized carbons (Fsp3) is 0.727. The molecular formula is C11H20N4. The Balaban J connectivity index is 1.99. The van der Waals surface area contributed by atoms with Gasteiger partial charge in [0.2, 0.25) is 0 Å². The van der Waals surface area contributed by atoms with Crippen molar-refractivity contribution in [2.75, 3.05) is 11.1 Å².